The average molecular weight is 656 g/mol. The summed E-state index contributed by atoms with van der Waals surface area (Å²) >= 11 is 0. The number of nitro groups is 1. The van der Waals surface area contributed by atoms with Gasteiger partial charge in [-0.05, 0) is 48.7 Å². The molecular formula is C36H41N5O7. The number of hydrogen-bond donors (Lipinski definition) is 4. The summed E-state index contributed by atoms with van der Waals surface area (Å²) in [5.41, 5.74) is 0.209. The van der Waals surface area contributed by atoms with Gasteiger partial charge in [0.25, 0.3) is 11.6 Å². The first-order valence-electron chi connectivity index (χ1n) is 16.1. The van der Waals surface area contributed by atoms with Crippen LogP contribution in [0.1, 0.15) is 42.9 Å². The number of hydrogen-bond acceptors (Lipinski definition) is 8. The van der Waals surface area contributed by atoms with Gasteiger partial charge in [0.2, 0.25) is 11.8 Å². The van der Waals surface area contributed by atoms with Crippen molar-refractivity contribution >= 4 is 34.8 Å². The van der Waals surface area contributed by atoms with Crippen molar-refractivity contribution in [2.75, 3.05) is 36.5 Å². The van der Waals surface area contributed by atoms with E-state index in [1.807, 2.05) is 30.3 Å². The predicted molar refractivity (Wildman–Crippen MR) is 181 cm³/mol. The molecule has 1 unspecified atom stereocenters. The van der Waals surface area contributed by atoms with Gasteiger partial charge in [-0.15, -0.1) is 0 Å². The molecule has 2 heterocycles. The molecule has 2 aliphatic heterocycles. The number of piperidine rings is 1. The van der Waals surface area contributed by atoms with Crippen molar-refractivity contribution in [3.05, 3.63) is 112 Å². The largest absolute Gasteiger partial charge is 0.395 e. The van der Waals surface area contributed by atoms with Crippen LogP contribution in [0, 0.1) is 22.0 Å². The summed E-state index contributed by atoms with van der Waals surface area (Å²) in [6, 6.07) is 20.5. The molecule has 0 bridgehead atoms. The molecule has 252 valence electrons. The number of rotatable bonds is 13. The van der Waals surface area contributed by atoms with Gasteiger partial charge in [-0.3, -0.25) is 24.5 Å². The molecule has 5 rings (SSSR count). The molecular weight excluding hydrogens is 614 g/mol. The van der Waals surface area contributed by atoms with Crippen LogP contribution in [-0.2, 0) is 33.1 Å². The van der Waals surface area contributed by atoms with E-state index >= 15 is 0 Å². The van der Waals surface area contributed by atoms with Crippen LogP contribution in [0.3, 0.4) is 0 Å². The number of amides is 3. The Balaban J connectivity index is 1.34. The number of benzene rings is 3. The third-order valence-electron chi connectivity index (χ3n) is 8.98. The van der Waals surface area contributed by atoms with Gasteiger partial charge < -0.3 is 30.6 Å². The molecule has 48 heavy (non-hydrogen) atoms. The molecule has 3 atom stereocenters. The van der Waals surface area contributed by atoms with Crippen LogP contribution in [0.15, 0.2) is 84.9 Å². The van der Waals surface area contributed by atoms with E-state index in [2.05, 4.69) is 10.6 Å². The summed E-state index contributed by atoms with van der Waals surface area (Å²) in [6.45, 7) is 3.44. The zero-order valence-corrected chi connectivity index (χ0v) is 26.9. The predicted octanol–water partition coefficient (Wildman–Crippen LogP) is 3.87. The molecule has 0 radical (unpaired) electrons. The smallest absolute Gasteiger partial charge is 0.269 e. The van der Waals surface area contributed by atoms with Crippen LogP contribution in [0.4, 0.5) is 17.1 Å². The van der Waals surface area contributed by atoms with E-state index in [0.717, 1.165) is 24.9 Å². The van der Waals surface area contributed by atoms with Crippen LogP contribution in [0.2, 0.25) is 0 Å². The Kier molecular flexibility index (Phi) is 11.0. The Morgan fingerprint density at radius 3 is 2.62 bits per heavy atom. The minimum atomic E-state index is -2.14. The molecule has 3 aromatic rings. The van der Waals surface area contributed by atoms with Crippen molar-refractivity contribution in [2.45, 2.75) is 44.9 Å². The van der Waals surface area contributed by atoms with E-state index < -0.39 is 22.3 Å². The average Bonchev–Trinajstić information content (AvgIpc) is 3.31. The minimum absolute atomic E-state index is 0.0393. The molecule has 12 heteroatoms. The zero-order valence-electron chi connectivity index (χ0n) is 26.9. The molecule has 1 fully saturated rings. The maximum Gasteiger partial charge on any atom is 0.269 e. The van der Waals surface area contributed by atoms with Gasteiger partial charge in [0.15, 0.2) is 5.60 Å². The fourth-order valence-corrected chi connectivity index (χ4v) is 6.31. The Labute approximate surface area is 279 Å². The van der Waals surface area contributed by atoms with Crippen LogP contribution in [-0.4, -0.2) is 64.0 Å². The lowest BCUT2D eigenvalue weighted by atomic mass is 9.82. The SMILES string of the molecule is C[C@@H](/C=C/CC(=O)N(CCO)Cc1ccccc1)[C@]1(O)C(=O)N(Cc2cccc(NC(=O)C3CCCNC3)c2)c2ccc([N+](=O)[O-])cc21. The minimum Gasteiger partial charge on any atom is -0.395 e. The molecule has 2 aliphatic rings. The highest BCUT2D eigenvalue weighted by Gasteiger charge is 2.53. The normalized spacial score (nSPS) is 19.6. The summed E-state index contributed by atoms with van der Waals surface area (Å²) in [4.78, 5) is 54.0. The van der Waals surface area contributed by atoms with Crippen LogP contribution in [0.25, 0.3) is 0 Å². The van der Waals surface area contributed by atoms with Gasteiger partial charge in [0.1, 0.15) is 0 Å². The number of anilines is 2. The molecule has 0 aliphatic carbocycles. The maximum atomic E-state index is 14.1. The standard InChI is InChI=1S/C36H41N5O7/c1-25(8-5-14-33(43)39(18-19-42)23-26-9-3-2-4-10-26)36(46)31-21-30(41(47)48)15-16-32(31)40(35(36)45)24-27-11-6-13-29(20-27)38-34(44)28-12-7-17-37-22-28/h2-6,8-11,13,15-16,20-21,25,28,37,42,46H,7,12,14,17-19,22-24H2,1H3,(H,38,44)/b8-5+/t25-,28?,36+/m0/s1. The van der Waals surface area contributed by atoms with E-state index in [0.29, 0.717) is 30.0 Å². The van der Waals surface area contributed by atoms with E-state index in [1.165, 1.54) is 28.0 Å². The van der Waals surface area contributed by atoms with Crippen LogP contribution >= 0.6 is 0 Å². The Hall–Kier alpha value is -4.91. The van der Waals surface area contributed by atoms with Gasteiger partial charge >= 0.3 is 0 Å². The topological polar surface area (TPSA) is 165 Å². The summed E-state index contributed by atoms with van der Waals surface area (Å²) in [6.07, 6.45) is 4.83. The zero-order chi connectivity index (χ0) is 34.3. The van der Waals surface area contributed by atoms with Gasteiger partial charge in [-0.2, -0.15) is 0 Å². The van der Waals surface area contributed by atoms with E-state index in [-0.39, 0.29) is 55.1 Å². The molecule has 3 amide bonds. The van der Waals surface area contributed by atoms with Gasteiger partial charge in [-0.1, -0.05) is 61.5 Å². The van der Waals surface area contributed by atoms with E-state index in [1.54, 1.807) is 43.3 Å². The molecule has 4 N–H and O–H groups in total. The number of non-ortho nitro benzene ring substituents is 1. The molecule has 0 aromatic heterocycles. The number of aliphatic hydroxyl groups is 2. The second kappa shape index (κ2) is 15.3. The van der Waals surface area contributed by atoms with E-state index in [9.17, 15) is 34.7 Å². The first-order valence-corrected chi connectivity index (χ1v) is 16.1. The second-order valence-corrected chi connectivity index (χ2v) is 12.3. The summed E-state index contributed by atoms with van der Waals surface area (Å²) in [5.74, 6) is -1.98. The summed E-state index contributed by atoms with van der Waals surface area (Å²) in [7, 11) is 0. The highest BCUT2D eigenvalue weighted by atomic mass is 16.6. The van der Waals surface area contributed by atoms with Crippen LogP contribution < -0.4 is 15.5 Å². The highest BCUT2D eigenvalue weighted by Crippen LogP contribution is 2.47. The lowest BCUT2D eigenvalue weighted by Crippen LogP contribution is -2.44. The molecule has 1 saturated heterocycles. The number of carbonyl (C=O) groups excluding carboxylic acids is 3. The van der Waals surface area contributed by atoms with Crippen molar-refractivity contribution in [3.63, 3.8) is 0 Å². The third kappa shape index (κ3) is 7.62. The molecule has 12 nitrogen and oxygen atoms in total. The molecule has 0 spiro atoms. The fourth-order valence-electron chi connectivity index (χ4n) is 6.31. The fraction of sp³-hybridized carbons (Fsp3) is 0.361. The number of fused-ring (bicyclic) bond motifs is 1. The van der Waals surface area contributed by atoms with Gasteiger partial charge in [0, 0.05) is 55.4 Å². The van der Waals surface area contributed by atoms with Gasteiger partial charge in [0.05, 0.1) is 29.7 Å². The quantitative estimate of drug-likeness (QED) is 0.122. The highest BCUT2D eigenvalue weighted by molar-refractivity contribution is 6.07. The molecule has 0 saturated carbocycles. The number of nitro benzene ring substituents is 1. The van der Waals surface area contributed by atoms with Crippen LogP contribution in [0.5, 0.6) is 0 Å². The first-order chi connectivity index (χ1) is 23.1. The van der Waals surface area contributed by atoms with Crippen molar-refractivity contribution in [2.24, 2.45) is 11.8 Å². The number of carbonyl (C=O) groups is 3. The Bertz CT molecular complexity index is 1670. The van der Waals surface area contributed by atoms with E-state index in [4.69, 9.17) is 0 Å². The maximum absolute atomic E-state index is 14.1. The Morgan fingerprint density at radius 1 is 1.15 bits per heavy atom. The van der Waals surface area contributed by atoms with Crippen molar-refractivity contribution in [1.29, 1.82) is 0 Å². The van der Waals surface area contributed by atoms with Gasteiger partial charge in [-0.25, -0.2) is 0 Å². The molecule has 3 aromatic carbocycles. The number of aliphatic hydroxyl groups excluding tert-OH is 1. The van der Waals surface area contributed by atoms with Crippen molar-refractivity contribution in [1.82, 2.24) is 10.2 Å². The monoisotopic (exact) mass is 655 g/mol. The third-order valence-corrected chi connectivity index (χ3v) is 8.98. The number of nitrogens with zero attached hydrogens (tertiary/aromatic N) is 3. The summed E-state index contributed by atoms with van der Waals surface area (Å²) in [5, 5.41) is 39.5. The van der Waals surface area contributed by atoms with Crippen molar-refractivity contribution < 1.29 is 29.5 Å². The summed E-state index contributed by atoms with van der Waals surface area (Å²) < 4.78 is 0. The lowest BCUT2D eigenvalue weighted by molar-refractivity contribution is -0.385. The second-order valence-electron chi connectivity index (χ2n) is 12.3. The Morgan fingerprint density at radius 2 is 1.92 bits per heavy atom. The number of nitrogens with one attached hydrogen (secondary N) is 2. The first kappa shape index (κ1) is 34.4. The van der Waals surface area contributed by atoms with Crippen molar-refractivity contribution in [3.8, 4) is 0 Å². The lowest BCUT2D eigenvalue weighted by Gasteiger charge is -2.28.